The van der Waals surface area contributed by atoms with Crippen molar-refractivity contribution < 1.29 is 28.7 Å². The molecule has 4 aromatic rings. The first-order valence-corrected chi connectivity index (χ1v) is 13.2. The summed E-state index contributed by atoms with van der Waals surface area (Å²) < 4.78 is 11.0. The lowest BCUT2D eigenvalue weighted by atomic mass is 10.1. The van der Waals surface area contributed by atoms with Gasteiger partial charge < -0.3 is 14.8 Å². The highest BCUT2D eigenvalue weighted by Gasteiger charge is 2.15. The Morgan fingerprint density at radius 2 is 1.29 bits per heavy atom. The van der Waals surface area contributed by atoms with Crippen LogP contribution in [0.15, 0.2) is 96.1 Å². The molecule has 0 spiro atoms. The van der Waals surface area contributed by atoms with Crippen molar-refractivity contribution in [2.75, 3.05) is 6.54 Å². The standard InChI is InChI=1S/C31H23Cl2N3O6/c1-19-2-4-20(5-3-19)29(38)34-18-28(37)36-35-17-23-10-15-26(41-30(39)21-6-11-24(32)12-7-21)16-27(23)42-31(40)22-8-13-25(33)14-9-22/h2-17H,18H2,1H3,(H,34,38)(H,36,37)/b35-17-. The first kappa shape index (κ1) is 30.0. The van der Waals surface area contributed by atoms with Gasteiger partial charge in [-0.25, -0.2) is 15.0 Å². The Kier molecular flexibility index (Phi) is 10.0. The van der Waals surface area contributed by atoms with Gasteiger partial charge in [-0.1, -0.05) is 40.9 Å². The molecule has 0 unspecified atom stereocenters. The Labute approximate surface area is 251 Å². The van der Waals surface area contributed by atoms with Crippen LogP contribution in [0.25, 0.3) is 0 Å². The van der Waals surface area contributed by atoms with Crippen molar-refractivity contribution in [3.8, 4) is 11.5 Å². The zero-order valence-corrected chi connectivity index (χ0v) is 23.6. The zero-order valence-electron chi connectivity index (χ0n) is 22.1. The lowest BCUT2D eigenvalue weighted by Crippen LogP contribution is -2.34. The Morgan fingerprint density at radius 1 is 0.738 bits per heavy atom. The number of ether oxygens (including phenoxy) is 2. The van der Waals surface area contributed by atoms with Crippen LogP contribution in [0, 0.1) is 6.92 Å². The van der Waals surface area contributed by atoms with E-state index in [0.29, 0.717) is 15.6 Å². The van der Waals surface area contributed by atoms with Gasteiger partial charge in [-0.05, 0) is 79.7 Å². The van der Waals surface area contributed by atoms with Crippen molar-refractivity contribution in [3.05, 3.63) is 129 Å². The fourth-order valence-electron chi connectivity index (χ4n) is 3.45. The molecule has 0 saturated carbocycles. The first-order valence-electron chi connectivity index (χ1n) is 12.4. The van der Waals surface area contributed by atoms with Crippen molar-refractivity contribution in [2.24, 2.45) is 5.10 Å². The fourth-order valence-corrected chi connectivity index (χ4v) is 3.70. The monoisotopic (exact) mass is 603 g/mol. The van der Waals surface area contributed by atoms with Crippen LogP contribution in [-0.4, -0.2) is 36.5 Å². The maximum absolute atomic E-state index is 12.8. The van der Waals surface area contributed by atoms with Gasteiger partial charge in [-0.2, -0.15) is 5.10 Å². The molecule has 42 heavy (non-hydrogen) atoms. The van der Waals surface area contributed by atoms with Crippen molar-refractivity contribution >= 4 is 53.2 Å². The van der Waals surface area contributed by atoms with Gasteiger partial charge in [0.05, 0.1) is 23.9 Å². The molecule has 212 valence electrons. The number of hydrazone groups is 1. The van der Waals surface area contributed by atoms with E-state index in [2.05, 4.69) is 15.8 Å². The minimum absolute atomic E-state index is 0.00188. The molecular formula is C31H23Cl2N3O6. The van der Waals surface area contributed by atoms with E-state index in [4.69, 9.17) is 32.7 Å². The highest BCUT2D eigenvalue weighted by Crippen LogP contribution is 2.26. The highest BCUT2D eigenvalue weighted by molar-refractivity contribution is 6.31. The summed E-state index contributed by atoms with van der Waals surface area (Å²) in [5.74, 6) is -2.25. The van der Waals surface area contributed by atoms with Gasteiger partial charge >= 0.3 is 11.9 Å². The molecule has 4 rings (SSSR count). The molecule has 0 bridgehead atoms. The van der Waals surface area contributed by atoms with Crippen LogP contribution in [-0.2, 0) is 4.79 Å². The minimum Gasteiger partial charge on any atom is -0.423 e. The summed E-state index contributed by atoms with van der Waals surface area (Å²) in [6.45, 7) is 1.58. The van der Waals surface area contributed by atoms with Crippen LogP contribution in [0.5, 0.6) is 11.5 Å². The Hall–Kier alpha value is -4.99. The lowest BCUT2D eigenvalue weighted by Gasteiger charge is -2.11. The van der Waals surface area contributed by atoms with Crippen LogP contribution in [0.3, 0.4) is 0 Å². The molecule has 0 heterocycles. The second-order valence-corrected chi connectivity index (χ2v) is 9.71. The van der Waals surface area contributed by atoms with Crippen LogP contribution in [0.4, 0.5) is 0 Å². The molecule has 0 aliphatic carbocycles. The van der Waals surface area contributed by atoms with Crippen LogP contribution >= 0.6 is 23.2 Å². The molecule has 0 aromatic heterocycles. The zero-order chi connectivity index (χ0) is 30.1. The van der Waals surface area contributed by atoms with E-state index in [1.54, 1.807) is 36.4 Å². The number of hydrogen-bond acceptors (Lipinski definition) is 7. The maximum Gasteiger partial charge on any atom is 0.343 e. The molecule has 0 saturated heterocycles. The summed E-state index contributed by atoms with van der Waals surface area (Å²) in [6, 6.07) is 23.4. The number of rotatable bonds is 9. The summed E-state index contributed by atoms with van der Waals surface area (Å²) >= 11 is 11.8. The normalized spacial score (nSPS) is 10.6. The second-order valence-electron chi connectivity index (χ2n) is 8.83. The smallest absolute Gasteiger partial charge is 0.343 e. The molecule has 0 atom stereocenters. The minimum atomic E-state index is -0.703. The summed E-state index contributed by atoms with van der Waals surface area (Å²) in [6.07, 6.45) is 1.25. The van der Waals surface area contributed by atoms with Gasteiger partial charge in [0.1, 0.15) is 11.5 Å². The van der Waals surface area contributed by atoms with E-state index in [1.165, 1.54) is 60.8 Å². The van der Waals surface area contributed by atoms with Crippen LogP contribution < -0.4 is 20.2 Å². The number of carbonyl (C=O) groups is 4. The number of nitrogens with one attached hydrogen (secondary N) is 2. The number of esters is 2. The molecule has 2 N–H and O–H groups in total. The molecule has 0 radical (unpaired) electrons. The lowest BCUT2D eigenvalue weighted by molar-refractivity contribution is -0.120. The molecule has 0 aliphatic heterocycles. The topological polar surface area (TPSA) is 123 Å². The predicted octanol–water partition coefficient (Wildman–Crippen LogP) is 5.62. The van der Waals surface area contributed by atoms with Crippen LogP contribution in [0.2, 0.25) is 10.0 Å². The summed E-state index contributed by atoms with van der Waals surface area (Å²) in [7, 11) is 0. The Morgan fingerprint density at radius 3 is 1.88 bits per heavy atom. The molecule has 0 aliphatic rings. The maximum atomic E-state index is 12.8. The number of nitrogens with zero attached hydrogens (tertiary/aromatic N) is 1. The van der Waals surface area contributed by atoms with E-state index >= 15 is 0 Å². The number of benzene rings is 4. The predicted molar refractivity (Wildman–Crippen MR) is 159 cm³/mol. The number of hydrogen-bond donors (Lipinski definition) is 2. The molecular weight excluding hydrogens is 581 g/mol. The van der Waals surface area contributed by atoms with Crippen molar-refractivity contribution in [1.29, 1.82) is 0 Å². The third-order valence-electron chi connectivity index (χ3n) is 5.67. The quantitative estimate of drug-likeness (QED) is 0.111. The van der Waals surface area contributed by atoms with Gasteiger partial charge in [-0.3, -0.25) is 9.59 Å². The Bertz CT molecular complexity index is 1640. The van der Waals surface area contributed by atoms with E-state index in [0.717, 1.165) is 5.56 Å². The largest absolute Gasteiger partial charge is 0.423 e. The Balaban J connectivity index is 1.46. The van der Waals surface area contributed by atoms with Gasteiger partial charge in [-0.15, -0.1) is 0 Å². The van der Waals surface area contributed by atoms with Gasteiger partial charge in [0.25, 0.3) is 11.8 Å². The van der Waals surface area contributed by atoms with Crippen LogP contribution in [0.1, 0.15) is 42.2 Å². The van der Waals surface area contributed by atoms with E-state index in [1.807, 2.05) is 6.92 Å². The number of carbonyl (C=O) groups excluding carboxylic acids is 4. The van der Waals surface area contributed by atoms with E-state index in [9.17, 15) is 19.2 Å². The number of aryl methyl sites for hydroxylation is 1. The number of halogens is 2. The second kappa shape index (κ2) is 14.1. The molecule has 9 nitrogen and oxygen atoms in total. The number of amides is 2. The first-order chi connectivity index (χ1) is 20.2. The van der Waals surface area contributed by atoms with Gasteiger partial charge in [0, 0.05) is 27.2 Å². The summed E-state index contributed by atoms with van der Waals surface area (Å²) in [5, 5.41) is 7.32. The third kappa shape index (κ3) is 8.50. The van der Waals surface area contributed by atoms with Gasteiger partial charge in [0.15, 0.2) is 0 Å². The van der Waals surface area contributed by atoms with E-state index in [-0.39, 0.29) is 34.7 Å². The average molecular weight is 604 g/mol. The van der Waals surface area contributed by atoms with Gasteiger partial charge in [0.2, 0.25) is 0 Å². The SMILES string of the molecule is Cc1ccc(C(=O)NCC(=O)N/N=C\c2ccc(OC(=O)c3ccc(Cl)cc3)cc2OC(=O)c2ccc(Cl)cc2)cc1. The highest BCUT2D eigenvalue weighted by atomic mass is 35.5. The average Bonchev–Trinajstić information content (AvgIpc) is 2.98. The van der Waals surface area contributed by atoms with Crippen molar-refractivity contribution in [1.82, 2.24) is 10.7 Å². The van der Waals surface area contributed by atoms with E-state index < -0.39 is 23.8 Å². The third-order valence-corrected chi connectivity index (χ3v) is 6.18. The fraction of sp³-hybridized carbons (Fsp3) is 0.0645. The molecule has 4 aromatic carbocycles. The molecule has 11 heteroatoms. The molecule has 2 amide bonds. The summed E-state index contributed by atoms with van der Waals surface area (Å²) in [5.41, 5.74) is 4.50. The van der Waals surface area contributed by atoms with Crippen molar-refractivity contribution in [2.45, 2.75) is 6.92 Å². The molecule has 0 fully saturated rings. The van der Waals surface area contributed by atoms with Crippen molar-refractivity contribution in [3.63, 3.8) is 0 Å². The summed E-state index contributed by atoms with van der Waals surface area (Å²) in [4.78, 5) is 49.8.